The minimum absolute atomic E-state index is 0.294. The van der Waals surface area contributed by atoms with E-state index in [0.29, 0.717) is 24.9 Å². The Morgan fingerprint density at radius 3 is 2.09 bits per heavy atom. The van der Waals surface area contributed by atoms with E-state index in [9.17, 15) is 9.36 Å². The van der Waals surface area contributed by atoms with Crippen LogP contribution < -0.4 is 11.0 Å². The third-order valence-electron chi connectivity index (χ3n) is 3.07. The third kappa shape index (κ3) is 4.65. The smallest absolute Gasteiger partial charge is 0.361 e. The van der Waals surface area contributed by atoms with Crippen LogP contribution in [0.2, 0.25) is 0 Å². The Morgan fingerprint density at radius 2 is 1.68 bits per heavy atom. The summed E-state index contributed by atoms with van der Waals surface area (Å²) in [4.78, 5) is 11.6. The molecule has 0 fully saturated rings. The molecule has 0 amide bonds. The lowest BCUT2D eigenvalue weighted by Crippen LogP contribution is -2.47. The van der Waals surface area contributed by atoms with Gasteiger partial charge in [0, 0.05) is 6.42 Å². The van der Waals surface area contributed by atoms with Crippen LogP contribution in [0.25, 0.3) is 0 Å². The highest BCUT2D eigenvalue weighted by Crippen LogP contribution is 2.46. The molecule has 0 unspecified atom stereocenters. The van der Waals surface area contributed by atoms with Crippen LogP contribution in [0, 0.1) is 0 Å². The van der Waals surface area contributed by atoms with Crippen LogP contribution in [0.1, 0.15) is 26.3 Å². The van der Waals surface area contributed by atoms with Crippen LogP contribution in [-0.2, 0) is 29.6 Å². The van der Waals surface area contributed by atoms with E-state index in [0.717, 1.165) is 5.56 Å². The molecule has 0 saturated heterocycles. The molecular weight excluding hydrogens is 305 g/mol. The average molecular weight is 329 g/mol. The fourth-order valence-electron chi connectivity index (χ4n) is 2.05. The summed E-state index contributed by atoms with van der Waals surface area (Å²) >= 11 is 0. The van der Waals surface area contributed by atoms with Gasteiger partial charge >= 0.3 is 13.6 Å². The Morgan fingerprint density at radius 1 is 1.18 bits per heavy atom. The van der Waals surface area contributed by atoms with Crippen LogP contribution in [-0.4, -0.2) is 31.8 Å². The second-order valence-electron chi connectivity index (χ2n) is 5.09. The van der Waals surface area contributed by atoms with E-state index in [1.807, 2.05) is 0 Å². The average Bonchev–Trinajstić information content (AvgIpc) is 2.47. The number of methoxy groups -OCH3 is 1. The van der Waals surface area contributed by atoms with E-state index in [4.69, 9.17) is 14.8 Å². The van der Waals surface area contributed by atoms with Crippen molar-refractivity contribution >= 4 is 18.9 Å². The molecule has 0 aliphatic heterocycles. The largest absolute Gasteiger partial charge is 0.468 e. The number of hydrogen-bond acceptors (Lipinski definition) is 6. The first-order valence-corrected chi connectivity index (χ1v) is 8.69. The van der Waals surface area contributed by atoms with Crippen LogP contribution in [0.4, 0.5) is 0 Å². The van der Waals surface area contributed by atoms with Crippen molar-refractivity contribution in [2.75, 3.05) is 20.3 Å². The molecule has 1 aromatic carbocycles. The highest BCUT2D eigenvalue weighted by atomic mass is 31.2. The number of benzene rings is 1. The molecule has 1 aromatic rings. The van der Waals surface area contributed by atoms with E-state index in [1.165, 1.54) is 7.11 Å². The Balaban J connectivity index is 2.95. The molecule has 124 valence electrons. The lowest BCUT2D eigenvalue weighted by Gasteiger charge is -2.22. The molecule has 0 saturated carbocycles. The van der Waals surface area contributed by atoms with Crippen molar-refractivity contribution in [3.05, 3.63) is 29.8 Å². The van der Waals surface area contributed by atoms with E-state index in [2.05, 4.69) is 4.74 Å². The zero-order valence-electron chi connectivity index (χ0n) is 13.5. The van der Waals surface area contributed by atoms with Crippen molar-refractivity contribution in [3.8, 4) is 0 Å². The second kappa shape index (κ2) is 7.88. The van der Waals surface area contributed by atoms with Gasteiger partial charge in [0.2, 0.25) is 0 Å². The summed E-state index contributed by atoms with van der Waals surface area (Å²) < 4.78 is 27.9. The summed E-state index contributed by atoms with van der Waals surface area (Å²) in [5.74, 6) is -0.481. The van der Waals surface area contributed by atoms with Gasteiger partial charge in [0.05, 0.1) is 25.6 Å². The van der Waals surface area contributed by atoms with Gasteiger partial charge in [-0.25, -0.2) is 0 Å². The Kier molecular flexibility index (Phi) is 6.75. The zero-order chi connectivity index (χ0) is 16.8. The standard InChI is InChI=1S/C15H24NO5P/c1-5-20-22(18,21-6-2)13-9-7-12(8-10-13)11-15(3,16)14(17)19-4/h7-10H,5-6,11,16H2,1-4H3/t15-/m0/s1. The predicted molar refractivity (Wildman–Crippen MR) is 85.2 cm³/mol. The maximum Gasteiger partial charge on any atom is 0.361 e. The molecule has 22 heavy (non-hydrogen) atoms. The van der Waals surface area contributed by atoms with Crippen LogP contribution >= 0.6 is 7.60 Å². The molecule has 0 spiro atoms. The van der Waals surface area contributed by atoms with Gasteiger partial charge in [-0.2, -0.15) is 0 Å². The summed E-state index contributed by atoms with van der Waals surface area (Å²) in [6, 6.07) is 6.87. The van der Waals surface area contributed by atoms with Gasteiger partial charge in [-0.15, -0.1) is 0 Å². The van der Waals surface area contributed by atoms with Crippen molar-refractivity contribution in [2.45, 2.75) is 32.7 Å². The first-order chi connectivity index (χ1) is 10.3. The van der Waals surface area contributed by atoms with Gasteiger partial charge in [0.25, 0.3) is 0 Å². The summed E-state index contributed by atoms with van der Waals surface area (Å²) in [7, 11) is -1.99. The van der Waals surface area contributed by atoms with Gasteiger partial charge in [0.1, 0.15) is 5.54 Å². The lowest BCUT2D eigenvalue weighted by atomic mass is 9.94. The molecule has 0 aliphatic rings. The predicted octanol–water partition coefficient (Wildman–Crippen LogP) is 2.01. The zero-order valence-corrected chi connectivity index (χ0v) is 14.4. The van der Waals surface area contributed by atoms with E-state index < -0.39 is 19.1 Å². The number of esters is 1. The van der Waals surface area contributed by atoms with Crippen LogP contribution in [0.15, 0.2) is 24.3 Å². The number of hydrogen-bond donors (Lipinski definition) is 1. The van der Waals surface area contributed by atoms with Gasteiger partial charge < -0.3 is 19.5 Å². The number of ether oxygens (including phenoxy) is 1. The molecule has 0 heterocycles. The maximum absolute atomic E-state index is 12.6. The minimum atomic E-state index is -3.29. The second-order valence-corrected chi connectivity index (χ2v) is 7.11. The van der Waals surface area contributed by atoms with Crippen LogP contribution in [0.5, 0.6) is 0 Å². The number of nitrogens with two attached hydrogens (primary N) is 1. The van der Waals surface area contributed by atoms with Crippen molar-refractivity contribution in [1.82, 2.24) is 0 Å². The summed E-state index contributed by atoms with van der Waals surface area (Å²) in [5.41, 5.74) is 5.66. The van der Waals surface area contributed by atoms with Gasteiger partial charge in [0.15, 0.2) is 0 Å². The quantitative estimate of drug-likeness (QED) is 0.580. The molecule has 1 rings (SSSR count). The van der Waals surface area contributed by atoms with E-state index >= 15 is 0 Å². The highest BCUT2D eigenvalue weighted by Gasteiger charge is 2.30. The first kappa shape index (κ1) is 18.8. The molecule has 0 bridgehead atoms. The molecule has 0 radical (unpaired) electrons. The molecule has 6 nitrogen and oxygen atoms in total. The van der Waals surface area contributed by atoms with Crippen LogP contribution in [0.3, 0.4) is 0 Å². The molecule has 7 heteroatoms. The normalized spacial score (nSPS) is 14.4. The van der Waals surface area contributed by atoms with Gasteiger partial charge in [-0.1, -0.05) is 12.1 Å². The fourth-order valence-corrected chi connectivity index (χ4v) is 3.62. The van der Waals surface area contributed by atoms with Crippen molar-refractivity contribution in [2.24, 2.45) is 5.73 Å². The van der Waals surface area contributed by atoms with Gasteiger partial charge in [-0.3, -0.25) is 9.36 Å². The lowest BCUT2D eigenvalue weighted by molar-refractivity contribution is -0.146. The highest BCUT2D eigenvalue weighted by molar-refractivity contribution is 7.62. The summed E-state index contributed by atoms with van der Waals surface area (Å²) in [6.45, 7) is 5.72. The Bertz CT molecular complexity index is 531. The molecule has 0 aliphatic carbocycles. The minimum Gasteiger partial charge on any atom is -0.468 e. The summed E-state index contributed by atoms with van der Waals surface area (Å²) in [6.07, 6.45) is 0.313. The molecule has 2 N–H and O–H groups in total. The monoisotopic (exact) mass is 329 g/mol. The van der Waals surface area contributed by atoms with Crippen molar-refractivity contribution in [1.29, 1.82) is 0 Å². The maximum atomic E-state index is 12.6. The SMILES string of the molecule is CCOP(=O)(OCC)c1ccc(C[C@](C)(N)C(=O)OC)cc1. The fraction of sp³-hybridized carbons (Fsp3) is 0.533. The van der Waals surface area contributed by atoms with E-state index in [1.54, 1.807) is 45.0 Å². The Labute approximate surface area is 131 Å². The van der Waals surface area contributed by atoms with Crippen molar-refractivity contribution < 1.29 is 23.1 Å². The summed E-state index contributed by atoms with van der Waals surface area (Å²) in [5, 5.41) is 0.483. The molecular formula is C15H24NO5P. The number of rotatable bonds is 8. The number of carbonyl (C=O) groups excluding carboxylic acids is 1. The Hall–Kier alpha value is -1.20. The third-order valence-corrected chi connectivity index (χ3v) is 5.20. The van der Waals surface area contributed by atoms with Gasteiger partial charge in [-0.05, 0) is 38.5 Å². The van der Waals surface area contributed by atoms with E-state index in [-0.39, 0.29) is 0 Å². The topological polar surface area (TPSA) is 87.9 Å². The first-order valence-electron chi connectivity index (χ1n) is 7.15. The van der Waals surface area contributed by atoms with Crippen molar-refractivity contribution in [3.63, 3.8) is 0 Å². The number of carbonyl (C=O) groups is 1. The molecule has 1 atom stereocenters. The molecule has 0 aromatic heterocycles.